The quantitative estimate of drug-likeness (QED) is 0.523. The van der Waals surface area contributed by atoms with Crippen molar-refractivity contribution >= 4 is 57.8 Å². The van der Waals surface area contributed by atoms with E-state index in [0.717, 1.165) is 0 Å². The number of rotatable bonds is 7. The number of hydrogen-bond acceptors (Lipinski definition) is 6. The van der Waals surface area contributed by atoms with Crippen LogP contribution in [-0.4, -0.2) is 33.5 Å². The molecule has 0 atom stereocenters. The van der Waals surface area contributed by atoms with Crippen LogP contribution in [0.4, 0.5) is 10.1 Å². The summed E-state index contributed by atoms with van der Waals surface area (Å²) in [6.45, 7) is 0.294. The monoisotopic (exact) mass is 443 g/mol. The number of aromatic carboxylic acids is 1. The predicted molar refractivity (Wildman–Crippen MR) is 115 cm³/mol. The van der Waals surface area contributed by atoms with Crippen molar-refractivity contribution in [1.29, 1.82) is 0 Å². The van der Waals surface area contributed by atoms with Gasteiger partial charge in [0.25, 0.3) is 5.91 Å². The number of carboxylic acid groups (broad SMARTS) is 1. The van der Waals surface area contributed by atoms with Crippen molar-refractivity contribution in [3.8, 4) is 0 Å². The summed E-state index contributed by atoms with van der Waals surface area (Å²) in [5.74, 6) is -2.14. The number of anilines is 1. The van der Waals surface area contributed by atoms with Crippen molar-refractivity contribution in [2.75, 3.05) is 11.9 Å². The number of carboxylic acids is 1. The van der Waals surface area contributed by atoms with E-state index in [1.165, 1.54) is 53.1 Å². The highest BCUT2D eigenvalue weighted by Crippen LogP contribution is 2.32. The van der Waals surface area contributed by atoms with Gasteiger partial charge in [0.2, 0.25) is 5.91 Å². The van der Waals surface area contributed by atoms with Gasteiger partial charge in [0.1, 0.15) is 10.1 Å². The molecule has 30 heavy (non-hydrogen) atoms. The lowest BCUT2D eigenvalue weighted by Gasteiger charge is -2.14. The summed E-state index contributed by atoms with van der Waals surface area (Å²) in [4.78, 5) is 37.3. The van der Waals surface area contributed by atoms with E-state index in [1.807, 2.05) is 0 Å². The lowest BCUT2D eigenvalue weighted by molar-refractivity contribution is -0.255. The Morgan fingerprint density at radius 3 is 2.43 bits per heavy atom. The number of carbonyl (C=O) groups is 3. The Morgan fingerprint density at radius 1 is 1.13 bits per heavy atom. The van der Waals surface area contributed by atoms with Gasteiger partial charge in [-0.15, -0.1) is 0 Å². The molecule has 1 aliphatic heterocycles. The summed E-state index contributed by atoms with van der Waals surface area (Å²) in [7, 11) is 0. The molecule has 154 valence electrons. The molecule has 1 fully saturated rings. The normalized spacial score (nSPS) is 15.0. The molecule has 1 aliphatic rings. The molecule has 0 saturated carbocycles. The summed E-state index contributed by atoms with van der Waals surface area (Å²) in [6.07, 6.45) is 2.22. The second-order valence-corrected chi connectivity index (χ2v) is 8.08. The van der Waals surface area contributed by atoms with Crippen molar-refractivity contribution in [2.45, 2.75) is 12.8 Å². The molecular weight excluding hydrogens is 427 g/mol. The number of benzene rings is 2. The molecule has 1 heterocycles. The van der Waals surface area contributed by atoms with Crippen LogP contribution >= 0.6 is 24.0 Å². The van der Waals surface area contributed by atoms with Gasteiger partial charge in [0, 0.05) is 18.7 Å². The fraction of sp³-hybridized carbons (Fsp3) is 0.143. The minimum Gasteiger partial charge on any atom is -0.545 e. The van der Waals surface area contributed by atoms with E-state index in [-0.39, 0.29) is 29.6 Å². The molecule has 0 spiro atoms. The van der Waals surface area contributed by atoms with E-state index in [4.69, 9.17) is 12.2 Å². The van der Waals surface area contributed by atoms with Crippen LogP contribution in [0.15, 0.2) is 53.4 Å². The average Bonchev–Trinajstić information content (AvgIpc) is 2.97. The maximum absolute atomic E-state index is 13.0. The molecule has 0 aliphatic carbocycles. The van der Waals surface area contributed by atoms with Crippen molar-refractivity contribution in [2.24, 2.45) is 0 Å². The second-order valence-electron chi connectivity index (χ2n) is 6.40. The number of nitrogens with one attached hydrogen (secondary N) is 1. The highest BCUT2D eigenvalue weighted by atomic mass is 32.2. The zero-order chi connectivity index (χ0) is 21.7. The van der Waals surface area contributed by atoms with Crippen LogP contribution in [0.25, 0.3) is 6.08 Å². The number of carbonyl (C=O) groups excluding carboxylic acids is 3. The molecule has 0 unspecified atom stereocenters. The van der Waals surface area contributed by atoms with E-state index >= 15 is 0 Å². The number of thiocarbonyl (C=S) groups is 1. The maximum Gasteiger partial charge on any atom is 0.266 e. The standard InChI is InChI=1S/C21H17FN2O4S2/c22-15-7-3-13(4-8-15)12-17-19(26)24(21(29)30-17)11-1-2-18(25)23-16-9-5-14(6-10-16)20(27)28/h3-10,12H,1-2,11H2,(H,23,25)(H,27,28)/p-1/b17-12-. The Balaban J connectivity index is 1.51. The zero-order valence-electron chi connectivity index (χ0n) is 15.6. The minimum atomic E-state index is -1.29. The van der Waals surface area contributed by atoms with Crippen LogP contribution in [0, 0.1) is 5.82 Å². The summed E-state index contributed by atoms with van der Waals surface area (Å²) >= 11 is 6.43. The first-order valence-corrected chi connectivity index (χ1v) is 10.2. The van der Waals surface area contributed by atoms with Gasteiger partial charge >= 0.3 is 0 Å². The molecular formula is C21H16FN2O4S2-. The van der Waals surface area contributed by atoms with E-state index in [2.05, 4.69) is 5.32 Å². The van der Waals surface area contributed by atoms with Gasteiger partial charge in [0.05, 0.1) is 10.9 Å². The van der Waals surface area contributed by atoms with Crippen LogP contribution in [0.3, 0.4) is 0 Å². The van der Waals surface area contributed by atoms with Crippen LogP contribution in [0.1, 0.15) is 28.8 Å². The van der Waals surface area contributed by atoms with Gasteiger partial charge in [0.15, 0.2) is 0 Å². The Bertz CT molecular complexity index is 1020. The molecule has 2 amide bonds. The summed E-state index contributed by atoms with van der Waals surface area (Å²) in [6, 6.07) is 11.4. The van der Waals surface area contributed by atoms with Crippen LogP contribution in [0.2, 0.25) is 0 Å². The summed E-state index contributed by atoms with van der Waals surface area (Å²) in [5.41, 5.74) is 1.19. The molecule has 9 heteroatoms. The topological polar surface area (TPSA) is 89.5 Å². The van der Waals surface area contributed by atoms with Crippen LogP contribution < -0.4 is 10.4 Å². The molecule has 6 nitrogen and oxygen atoms in total. The molecule has 2 aromatic rings. The third-order valence-electron chi connectivity index (χ3n) is 4.23. The minimum absolute atomic E-state index is 0.0241. The van der Waals surface area contributed by atoms with E-state index in [1.54, 1.807) is 18.2 Å². The van der Waals surface area contributed by atoms with E-state index in [0.29, 0.717) is 33.4 Å². The molecule has 0 bridgehead atoms. The number of nitrogens with zero attached hydrogens (tertiary/aromatic N) is 1. The lowest BCUT2D eigenvalue weighted by atomic mass is 10.2. The Kier molecular flexibility index (Phi) is 6.96. The summed E-state index contributed by atoms with van der Waals surface area (Å²) < 4.78 is 13.4. The molecule has 3 rings (SSSR count). The fourth-order valence-corrected chi connectivity index (χ4v) is 4.02. The fourth-order valence-electron chi connectivity index (χ4n) is 2.71. The molecule has 1 N–H and O–H groups in total. The molecule has 0 radical (unpaired) electrons. The Hall–Kier alpha value is -3.04. The smallest absolute Gasteiger partial charge is 0.266 e. The summed E-state index contributed by atoms with van der Waals surface area (Å²) in [5, 5.41) is 13.4. The lowest BCUT2D eigenvalue weighted by Crippen LogP contribution is -2.29. The second kappa shape index (κ2) is 9.64. The maximum atomic E-state index is 13.0. The Morgan fingerprint density at radius 2 is 1.80 bits per heavy atom. The van der Waals surface area contributed by atoms with Gasteiger partial charge in [-0.25, -0.2) is 4.39 Å². The number of thioether (sulfide) groups is 1. The van der Waals surface area contributed by atoms with Crippen molar-refractivity contribution in [1.82, 2.24) is 4.90 Å². The molecule has 2 aromatic carbocycles. The predicted octanol–water partition coefficient (Wildman–Crippen LogP) is 2.81. The highest BCUT2D eigenvalue weighted by molar-refractivity contribution is 8.26. The third-order valence-corrected chi connectivity index (χ3v) is 5.61. The van der Waals surface area contributed by atoms with Gasteiger partial charge in [-0.2, -0.15) is 0 Å². The van der Waals surface area contributed by atoms with Gasteiger partial charge in [-0.05, 0) is 47.9 Å². The SMILES string of the molecule is O=C(CCCN1C(=O)/C(=C/c2ccc(F)cc2)SC1=S)Nc1ccc(C(=O)[O-])cc1. The first-order chi connectivity index (χ1) is 14.3. The average molecular weight is 444 g/mol. The third kappa shape index (κ3) is 5.52. The Labute approximate surface area is 181 Å². The van der Waals surface area contributed by atoms with Crippen LogP contribution in [-0.2, 0) is 9.59 Å². The van der Waals surface area contributed by atoms with Gasteiger partial charge in [-0.3, -0.25) is 14.5 Å². The molecule has 1 saturated heterocycles. The van der Waals surface area contributed by atoms with E-state index < -0.39 is 5.97 Å². The van der Waals surface area contributed by atoms with Crippen LogP contribution in [0.5, 0.6) is 0 Å². The number of amides is 2. The van der Waals surface area contributed by atoms with Crippen molar-refractivity contribution < 1.29 is 23.9 Å². The van der Waals surface area contributed by atoms with Gasteiger partial charge in [-0.1, -0.05) is 48.2 Å². The first-order valence-electron chi connectivity index (χ1n) is 8.95. The first kappa shape index (κ1) is 21.7. The zero-order valence-corrected chi connectivity index (χ0v) is 17.2. The van der Waals surface area contributed by atoms with Crippen molar-refractivity contribution in [3.63, 3.8) is 0 Å². The van der Waals surface area contributed by atoms with Crippen molar-refractivity contribution in [3.05, 3.63) is 70.4 Å². The van der Waals surface area contributed by atoms with Gasteiger partial charge < -0.3 is 15.2 Å². The molecule has 0 aromatic heterocycles. The highest BCUT2D eigenvalue weighted by Gasteiger charge is 2.31. The number of hydrogen-bond donors (Lipinski definition) is 1. The van der Waals surface area contributed by atoms with E-state index in [9.17, 15) is 23.9 Å². The number of halogens is 1. The largest absolute Gasteiger partial charge is 0.545 e.